The predicted molar refractivity (Wildman–Crippen MR) is 69.6 cm³/mol. The van der Waals surface area contributed by atoms with E-state index in [1.807, 2.05) is 25.1 Å². The summed E-state index contributed by atoms with van der Waals surface area (Å²) in [7, 11) is 0. The monoisotopic (exact) mass is 231 g/mol. The first kappa shape index (κ1) is 12.2. The molecule has 92 valence electrons. The Morgan fingerprint density at radius 3 is 2.29 bits per heavy atom. The minimum atomic E-state index is -0.424. The van der Waals surface area contributed by atoms with Crippen molar-refractivity contribution in [3.63, 3.8) is 0 Å². The molecule has 1 saturated carbocycles. The Morgan fingerprint density at radius 2 is 1.71 bits per heavy atom. The Hall–Kier alpha value is -1.31. The second-order valence-corrected chi connectivity index (χ2v) is 5.60. The second-order valence-electron chi connectivity index (χ2n) is 5.60. The first-order valence-corrected chi connectivity index (χ1v) is 6.36. The van der Waals surface area contributed by atoms with E-state index in [0.29, 0.717) is 0 Å². The third-order valence-electron chi connectivity index (χ3n) is 4.78. The van der Waals surface area contributed by atoms with Crippen LogP contribution < -0.4 is 5.73 Å². The number of primary amides is 1. The van der Waals surface area contributed by atoms with E-state index in [0.717, 1.165) is 19.3 Å². The summed E-state index contributed by atoms with van der Waals surface area (Å²) in [5.74, 6) is -0.163. The molecule has 1 aliphatic carbocycles. The van der Waals surface area contributed by atoms with Gasteiger partial charge in [-0.2, -0.15) is 0 Å². The van der Waals surface area contributed by atoms with Gasteiger partial charge in [-0.15, -0.1) is 0 Å². The van der Waals surface area contributed by atoms with Crippen molar-refractivity contribution >= 4 is 5.91 Å². The standard InChI is InChI=1S/C15H21NO/c1-14(12-8-4-3-5-9-12)10-6-7-11-15(14,2)13(16)17/h3-5,8-9H,6-7,10-11H2,1-2H3,(H2,16,17). The second kappa shape index (κ2) is 4.17. The lowest BCUT2D eigenvalue weighted by atomic mass is 9.54. The summed E-state index contributed by atoms with van der Waals surface area (Å²) in [5.41, 5.74) is 6.36. The minimum Gasteiger partial charge on any atom is -0.369 e. The molecule has 1 aliphatic rings. The van der Waals surface area contributed by atoms with Gasteiger partial charge in [-0.3, -0.25) is 4.79 Å². The maximum atomic E-state index is 11.9. The molecule has 2 atom stereocenters. The molecule has 0 heterocycles. The maximum absolute atomic E-state index is 11.9. The molecule has 0 spiro atoms. The van der Waals surface area contributed by atoms with Crippen LogP contribution in [-0.2, 0) is 10.2 Å². The van der Waals surface area contributed by atoms with E-state index in [1.165, 1.54) is 12.0 Å². The van der Waals surface area contributed by atoms with E-state index in [1.54, 1.807) is 0 Å². The quantitative estimate of drug-likeness (QED) is 0.835. The number of carbonyl (C=O) groups excluding carboxylic acids is 1. The molecule has 1 fully saturated rings. The van der Waals surface area contributed by atoms with Crippen molar-refractivity contribution in [2.75, 3.05) is 0 Å². The average molecular weight is 231 g/mol. The summed E-state index contributed by atoms with van der Waals surface area (Å²) in [4.78, 5) is 11.9. The number of nitrogens with two attached hydrogens (primary N) is 1. The lowest BCUT2D eigenvalue weighted by molar-refractivity contribution is -0.133. The highest BCUT2D eigenvalue weighted by Gasteiger charge is 2.51. The number of amides is 1. The van der Waals surface area contributed by atoms with Crippen LogP contribution in [0.5, 0.6) is 0 Å². The van der Waals surface area contributed by atoms with E-state index < -0.39 is 5.41 Å². The molecule has 2 rings (SSSR count). The van der Waals surface area contributed by atoms with E-state index >= 15 is 0 Å². The number of benzene rings is 1. The molecule has 2 unspecified atom stereocenters. The molecule has 2 N–H and O–H groups in total. The summed E-state index contributed by atoms with van der Waals surface area (Å²) < 4.78 is 0. The van der Waals surface area contributed by atoms with E-state index in [-0.39, 0.29) is 11.3 Å². The summed E-state index contributed by atoms with van der Waals surface area (Å²) in [6.45, 7) is 4.22. The van der Waals surface area contributed by atoms with Gasteiger partial charge >= 0.3 is 0 Å². The highest BCUT2D eigenvalue weighted by molar-refractivity contribution is 5.82. The van der Waals surface area contributed by atoms with Gasteiger partial charge in [-0.25, -0.2) is 0 Å². The van der Waals surface area contributed by atoms with Crippen LogP contribution in [0.3, 0.4) is 0 Å². The fourth-order valence-corrected chi connectivity index (χ4v) is 3.17. The number of rotatable bonds is 2. The molecule has 0 bridgehead atoms. The zero-order valence-electron chi connectivity index (χ0n) is 10.7. The van der Waals surface area contributed by atoms with Crippen LogP contribution >= 0.6 is 0 Å². The summed E-state index contributed by atoms with van der Waals surface area (Å²) in [6, 6.07) is 10.3. The van der Waals surface area contributed by atoms with Gasteiger partial charge < -0.3 is 5.73 Å². The van der Waals surface area contributed by atoms with Crippen molar-refractivity contribution in [3.05, 3.63) is 35.9 Å². The Bertz CT molecular complexity index is 414. The molecule has 0 saturated heterocycles. The van der Waals surface area contributed by atoms with Crippen molar-refractivity contribution in [3.8, 4) is 0 Å². The van der Waals surface area contributed by atoms with Crippen LogP contribution in [0.25, 0.3) is 0 Å². The van der Waals surface area contributed by atoms with Gasteiger partial charge in [0.25, 0.3) is 0 Å². The van der Waals surface area contributed by atoms with Gasteiger partial charge in [0.15, 0.2) is 0 Å². The highest BCUT2D eigenvalue weighted by atomic mass is 16.1. The van der Waals surface area contributed by atoms with Crippen molar-refractivity contribution in [2.45, 2.75) is 44.9 Å². The minimum absolute atomic E-state index is 0.127. The predicted octanol–water partition coefficient (Wildman–Crippen LogP) is 3.01. The molecule has 0 radical (unpaired) electrons. The van der Waals surface area contributed by atoms with Gasteiger partial charge in [-0.05, 0) is 25.3 Å². The fourth-order valence-electron chi connectivity index (χ4n) is 3.17. The van der Waals surface area contributed by atoms with Gasteiger partial charge in [-0.1, -0.05) is 50.1 Å². The van der Waals surface area contributed by atoms with Crippen molar-refractivity contribution in [1.82, 2.24) is 0 Å². The number of carbonyl (C=O) groups is 1. The van der Waals surface area contributed by atoms with E-state index in [9.17, 15) is 4.79 Å². The van der Waals surface area contributed by atoms with Crippen LogP contribution in [0.1, 0.15) is 45.1 Å². The highest BCUT2D eigenvalue weighted by Crippen LogP contribution is 2.51. The molecular weight excluding hydrogens is 210 g/mol. The fraction of sp³-hybridized carbons (Fsp3) is 0.533. The Kier molecular flexibility index (Phi) is 2.98. The van der Waals surface area contributed by atoms with Gasteiger partial charge in [0.1, 0.15) is 0 Å². The third kappa shape index (κ3) is 1.76. The topological polar surface area (TPSA) is 43.1 Å². The molecule has 0 aliphatic heterocycles. The van der Waals surface area contributed by atoms with Crippen LogP contribution in [0.15, 0.2) is 30.3 Å². The summed E-state index contributed by atoms with van der Waals surface area (Å²) in [6.07, 6.45) is 4.21. The SMILES string of the molecule is CC1(C(N)=O)CCCCC1(C)c1ccccc1. The van der Waals surface area contributed by atoms with Crippen molar-refractivity contribution < 1.29 is 4.79 Å². The lowest BCUT2D eigenvalue weighted by Crippen LogP contribution is -2.52. The number of hydrogen-bond acceptors (Lipinski definition) is 1. The van der Waals surface area contributed by atoms with Gasteiger partial charge in [0, 0.05) is 5.41 Å². The molecule has 1 amide bonds. The summed E-state index contributed by atoms with van der Waals surface area (Å²) >= 11 is 0. The normalized spacial score (nSPS) is 33.3. The average Bonchev–Trinajstić information content (AvgIpc) is 2.34. The van der Waals surface area contributed by atoms with Crippen LogP contribution in [0.4, 0.5) is 0 Å². The van der Waals surface area contributed by atoms with Crippen molar-refractivity contribution in [1.29, 1.82) is 0 Å². The van der Waals surface area contributed by atoms with Crippen molar-refractivity contribution in [2.24, 2.45) is 11.1 Å². The molecule has 2 heteroatoms. The Balaban J connectivity index is 2.49. The zero-order chi connectivity index (χ0) is 12.5. The smallest absolute Gasteiger partial charge is 0.224 e. The van der Waals surface area contributed by atoms with E-state index in [2.05, 4.69) is 19.1 Å². The lowest BCUT2D eigenvalue weighted by Gasteiger charge is -2.48. The maximum Gasteiger partial charge on any atom is 0.224 e. The number of hydrogen-bond donors (Lipinski definition) is 1. The molecule has 1 aromatic carbocycles. The third-order valence-corrected chi connectivity index (χ3v) is 4.78. The largest absolute Gasteiger partial charge is 0.369 e. The first-order valence-electron chi connectivity index (χ1n) is 6.36. The molecule has 1 aromatic rings. The zero-order valence-corrected chi connectivity index (χ0v) is 10.7. The van der Waals surface area contributed by atoms with Crippen LogP contribution in [-0.4, -0.2) is 5.91 Å². The van der Waals surface area contributed by atoms with Crippen LogP contribution in [0, 0.1) is 5.41 Å². The van der Waals surface area contributed by atoms with Gasteiger partial charge in [0.05, 0.1) is 5.41 Å². The Labute approximate surface area is 103 Å². The Morgan fingerprint density at radius 1 is 1.12 bits per heavy atom. The first-order chi connectivity index (χ1) is 8.01. The molecule has 2 nitrogen and oxygen atoms in total. The van der Waals surface area contributed by atoms with E-state index in [4.69, 9.17) is 5.73 Å². The van der Waals surface area contributed by atoms with Gasteiger partial charge in [0.2, 0.25) is 5.91 Å². The molecular formula is C15H21NO. The van der Waals surface area contributed by atoms with Crippen LogP contribution in [0.2, 0.25) is 0 Å². The molecule has 0 aromatic heterocycles. The summed E-state index contributed by atoms with van der Waals surface area (Å²) in [5, 5.41) is 0. The molecule has 17 heavy (non-hydrogen) atoms.